The fourth-order valence-corrected chi connectivity index (χ4v) is 2.36. The van der Waals surface area contributed by atoms with E-state index < -0.39 is 6.04 Å². The number of nitrogens with zero attached hydrogens (tertiary/aromatic N) is 1. The van der Waals surface area contributed by atoms with Crippen molar-refractivity contribution in [2.24, 2.45) is 5.41 Å². The molecule has 1 N–H and O–H groups in total. The second kappa shape index (κ2) is 4.67. The van der Waals surface area contributed by atoms with Crippen molar-refractivity contribution in [1.82, 2.24) is 10.2 Å². The lowest BCUT2D eigenvalue weighted by atomic mass is 9.85. The minimum Gasteiger partial charge on any atom is -0.344 e. The maximum atomic E-state index is 12.5. The van der Waals surface area contributed by atoms with E-state index in [1.165, 1.54) is 0 Å². The summed E-state index contributed by atoms with van der Waals surface area (Å²) in [5.74, 6) is -0.000208. The molecule has 0 spiro atoms. The molecule has 4 heteroatoms. The van der Waals surface area contributed by atoms with Gasteiger partial charge in [0.15, 0.2) is 0 Å². The van der Waals surface area contributed by atoms with Crippen molar-refractivity contribution >= 4 is 11.8 Å². The first-order valence-corrected chi connectivity index (χ1v) is 6.26. The molecular formula is C13H24N2O2. The summed E-state index contributed by atoms with van der Waals surface area (Å²) in [7, 11) is 0. The quantitative estimate of drug-likeness (QED) is 0.756. The van der Waals surface area contributed by atoms with Gasteiger partial charge in [0.1, 0.15) is 6.04 Å². The van der Waals surface area contributed by atoms with Crippen LogP contribution in [0, 0.1) is 5.41 Å². The SMILES string of the molecule is CC(C)N1C(=O)C(C(C)(C)C)NC(=O)CC1C. The summed E-state index contributed by atoms with van der Waals surface area (Å²) in [5, 5.41) is 2.85. The van der Waals surface area contributed by atoms with Gasteiger partial charge >= 0.3 is 0 Å². The van der Waals surface area contributed by atoms with E-state index >= 15 is 0 Å². The van der Waals surface area contributed by atoms with Gasteiger partial charge in [-0.15, -0.1) is 0 Å². The first kappa shape index (κ1) is 14.0. The maximum Gasteiger partial charge on any atom is 0.246 e. The maximum absolute atomic E-state index is 12.5. The number of amides is 2. The summed E-state index contributed by atoms with van der Waals surface area (Å²) >= 11 is 0. The summed E-state index contributed by atoms with van der Waals surface area (Å²) < 4.78 is 0. The van der Waals surface area contributed by atoms with Gasteiger partial charge < -0.3 is 10.2 Å². The normalized spacial score (nSPS) is 27.1. The Hall–Kier alpha value is -1.06. The predicted molar refractivity (Wildman–Crippen MR) is 67.4 cm³/mol. The molecule has 1 aliphatic heterocycles. The molecular weight excluding hydrogens is 216 g/mol. The summed E-state index contributed by atoms with van der Waals surface area (Å²) in [6.45, 7) is 11.8. The topological polar surface area (TPSA) is 49.4 Å². The number of hydrogen-bond acceptors (Lipinski definition) is 2. The number of carbonyl (C=O) groups excluding carboxylic acids is 2. The number of rotatable bonds is 1. The number of nitrogens with one attached hydrogen (secondary N) is 1. The van der Waals surface area contributed by atoms with E-state index in [0.717, 1.165) is 0 Å². The Morgan fingerprint density at radius 1 is 1.29 bits per heavy atom. The van der Waals surface area contributed by atoms with Crippen LogP contribution in [0.5, 0.6) is 0 Å². The van der Waals surface area contributed by atoms with Crippen molar-refractivity contribution in [2.75, 3.05) is 0 Å². The fraction of sp³-hybridized carbons (Fsp3) is 0.846. The van der Waals surface area contributed by atoms with Gasteiger partial charge in [0.05, 0.1) is 0 Å². The monoisotopic (exact) mass is 240 g/mol. The van der Waals surface area contributed by atoms with Crippen LogP contribution in [0.1, 0.15) is 48.0 Å². The molecule has 0 aliphatic carbocycles. The minimum absolute atomic E-state index is 0.0325. The molecule has 1 heterocycles. The third-order valence-electron chi connectivity index (χ3n) is 3.18. The van der Waals surface area contributed by atoms with Crippen molar-refractivity contribution in [2.45, 2.75) is 66.1 Å². The van der Waals surface area contributed by atoms with Gasteiger partial charge in [0.25, 0.3) is 0 Å². The highest BCUT2D eigenvalue weighted by Crippen LogP contribution is 2.25. The smallest absolute Gasteiger partial charge is 0.246 e. The zero-order valence-corrected chi connectivity index (χ0v) is 11.7. The van der Waals surface area contributed by atoms with Crippen LogP contribution >= 0.6 is 0 Å². The van der Waals surface area contributed by atoms with Crippen LogP contribution in [0.3, 0.4) is 0 Å². The van der Waals surface area contributed by atoms with Crippen LogP contribution in [0.4, 0.5) is 0 Å². The highest BCUT2D eigenvalue weighted by atomic mass is 16.2. The molecule has 1 fully saturated rings. The number of hydrogen-bond donors (Lipinski definition) is 1. The standard InChI is InChI=1S/C13H24N2O2/c1-8(2)15-9(3)7-10(16)14-11(12(15)17)13(4,5)6/h8-9,11H,7H2,1-6H3,(H,14,16). The van der Waals surface area contributed by atoms with Crippen LogP contribution in [-0.2, 0) is 9.59 Å². The first-order chi connectivity index (χ1) is 7.64. The average molecular weight is 240 g/mol. The van der Waals surface area contributed by atoms with Crippen LogP contribution in [0.2, 0.25) is 0 Å². The first-order valence-electron chi connectivity index (χ1n) is 6.26. The fourth-order valence-electron chi connectivity index (χ4n) is 2.36. The van der Waals surface area contributed by atoms with Crippen LogP contribution in [-0.4, -0.2) is 34.8 Å². The van der Waals surface area contributed by atoms with Crippen LogP contribution in [0.25, 0.3) is 0 Å². The molecule has 2 unspecified atom stereocenters. The van der Waals surface area contributed by atoms with Gasteiger partial charge in [-0.1, -0.05) is 20.8 Å². The van der Waals surface area contributed by atoms with E-state index in [2.05, 4.69) is 5.32 Å². The predicted octanol–water partition coefficient (Wildman–Crippen LogP) is 1.55. The Labute approximate surface area is 104 Å². The van der Waals surface area contributed by atoms with E-state index in [1.807, 2.05) is 46.4 Å². The Morgan fingerprint density at radius 2 is 1.82 bits per heavy atom. The van der Waals surface area contributed by atoms with Crippen molar-refractivity contribution in [1.29, 1.82) is 0 Å². The summed E-state index contributed by atoms with van der Waals surface area (Å²) in [6.07, 6.45) is 0.385. The molecule has 0 saturated carbocycles. The molecule has 2 atom stereocenters. The zero-order chi connectivity index (χ0) is 13.4. The van der Waals surface area contributed by atoms with Crippen LogP contribution < -0.4 is 5.32 Å². The largest absolute Gasteiger partial charge is 0.344 e. The molecule has 0 aromatic carbocycles. The number of carbonyl (C=O) groups is 2. The van der Waals surface area contributed by atoms with Gasteiger partial charge in [-0.2, -0.15) is 0 Å². The Kier molecular flexibility index (Phi) is 3.84. The summed E-state index contributed by atoms with van der Waals surface area (Å²) in [5.41, 5.74) is -0.260. The van der Waals surface area contributed by atoms with Crippen molar-refractivity contribution in [3.05, 3.63) is 0 Å². The molecule has 0 radical (unpaired) electrons. The second-order valence-electron chi connectivity index (χ2n) is 6.26. The van der Waals surface area contributed by atoms with Crippen LogP contribution in [0.15, 0.2) is 0 Å². The third kappa shape index (κ3) is 2.99. The van der Waals surface area contributed by atoms with Gasteiger partial charge in [0.2, 0.25) is 11.8 Å². The van der Waals surface area contributed by atoms with Gasteiger partial charge in [0, 0.05) is 18.5 Å². The lowest BCUT2D eigenvalue weighted by molar-refractivity contribution is -0.139. The molecule has 0 aromatic rings. The second-order valence-corrected chi connectivity index (χ2v) is 6.26. The van der Waals surface area contributed by atoms with Crippen molar-refractivity contribution in [3.8, 4) is 0 Å². The molecule has 0 aromatic heterocycles. The highest BCUT2D eigenvalue weighted by Gasteiger charge is 2.40. The van der Waals surface area contributed by atoms with E-state index in [4.69, 9.17) is 0 Å². The summed E-state index contributed by atoms with van der Waals surface area (Å²) in [4.78, 5) is 26.1. The van der Waals surface area contributed by atoms with Gasteiger partial charge in [-0.05, 0) is 26.2 Å². The molecule has 98 valence electrons. The minimum atomic E-state index is -0.428. The molecule has 17 heavy (non-hydrogen) atoms. The molecule has 2 amide bonds. The Bertz CT molecular complexity index is 318. The summed E-state index contributed by atoms with van der Waals surface area (Å²) in [6, 6.07) is -0.341. The lowest BCUT2D eigenvalue weighted by Gasteiger charge is -2.36. The molecule has 1 rings (SSSR count). The zero-order valence-electron chi connectivity index (χ0n) is 11.7. The highest BCUT2D eigenvalue weighted by molar-refractivity contribution is 5.91. The van der Waals surface area contributed by atoms with Gasteiger partial charge in [-0.3, -0.25) is 9.59 Å². The Morgan fingerprint density at radius 3 is 2.24 bits per heavy atom. The van der Waals surface area contributed by atoms with E-state index in [1.54, 1.807) is 0 Å². The molecule has 1 saturated heterocycles. The van der Waals surface area contributed by atoms with Gasteiger partial charge in [-0.25, -0.2) is 0 Å². The Balaban J connectivity index is 3.09. The van der Waals surface area contributed by atoms with E-state index in [-0.39, 0.29) is 29.3 Å². The molecule has 1 aliphatic rings. The van der Waals surface area contributed by atoms with E-state index in [0.29, 0.717) is 6.42 Å². The molecule has 4 nitrogen and oxygen atoms in total. The van der Waals surface area contributed by atoms with E-state index in [9.17, 15) is 9.59 Å². The third-order valence-corrected chi connectivity index (χ3v) is 3.18. The van der Waals surface area contributed by atoms with Crippen molar-refractivity contribution in [3.63, 3.8) is 0 Å². The molecule has 0 bridgehead atoms. The average Bonchev–Trinajstić information content (AvgIpc) is 2.21. The lowest BCUT2D eigenvalue weighted by Crippen LogP contribution is -2.54. The van der Waals surface area contributed by atoms with Crippen molar-refractivity contribution < 1.29 is 9.59 Å².